The molecule has 0 spiro atoms. The van der Waals surface area contributed by atoms with Crippen LogP contribution in [0.2, 0.25) is 0 Å². The molecule has 3 rings (SSSR count). The molecule has 163 valence electrons. The highest BCUT2D eigenvalue weighted by Gasteiger charge is 2.44. The van der Waals surface area contributed by atoms with E-state index in [-0.39, 0.29) is 36.2 Å². The third-order valence-electron chi connectivity index (χ3n) is 5.61. The van der Waals surface area contributed by atoms with Gasteiger partial charge in [-0.3, -0.25) is 14.4 Å². The monoisotopic (exact) mass is 435 g/mol. The average Bonchev–Trinajstić information content (AvgIpc) is 2.89. The molecule has 1 aliphatic heterocycles. The molecule has 2 aliphatic rings. The lowest BCUT2D eigenvalue weighted by molar-refractivity contribution is -0.134. The van der Waals surface area contributed by atoms with Gasteiger partial charge in [-0.1, -0.05) is 25.3 Å². The fourth-order valence-corrected chi connectivity index (χ4v) is 5.63. The van der Waals surface area contributed by atoms with Crippen LogP contribution in [0, 0.1) is 12.3 Å². The van der Waals surface area contributed by atoms with E-state index in [9.17, 15) is 22.8 Å². The highest BCUT2D eigenvalue weighted by atomic mass is 32.2. The number of aromatic nitrogens is 1. The number of pyridine rings is 1. The second-order valence-corrected chi connectivity index (χ2v) is 9.60. The Morgan fingerprint density at radius 3 is 2.50 bits per heavy atom. The summed E-state index contributed by atoms with van der Waals surface area (Å²) in [5.41, 5.74) is 5.43. The first-order chi connectivity index (χ1) is 14.3. The molecular weight excluding hydrogens is 408 g/mol. The van der Waals surface area contributed by atoms with Gasteiger partial charge >= 0.3 is 0 Å². The molecule has 0 unspecified atom stereocenters. The number of nitrogens with zero attached hydrogens (tertiary/aromatic N) is 2. The highest BCUT2D eigenvalue weighted by Crippen LogP contribution is 2.26. The fraction of sp³-hybridized carbons (Fsp3) is 0.550. The van der Waals surface area contributed by atoms with Crippen LogP contribution < -0.4 is 11.1 Å². The van der Waals surface area contributed by atoms with E-state index < -0.39 is 33.8 Å². The van der Waals surface area contributed by atoms with Crippen molar-refractivity contribution in [2.24, 2.45) is 11.7 Å². The molecule has 1 aromatic rings. The molecule has 3 N–H and O–H groups in total. The molecule has 1 aromatic heterocycles. The van der Waals surface area contributed by atoms with Gasteiger partial charge in [-0.05, 0) is 43.7 Å². The van der Waals surface area contributed by atoms with E-state index in [1.807, 2.05) is 0 Å². The molecule has 2 amide bonds. The summed E-state index contributed by atoms with van der Waals surface area (Å²) in [4.78, 5) is 41.4. The van der Waals surface area contributed by atoms with Gasteiger partial charge in [0.05, 0.1) is 12.5 Å². The first kappa shape index (κ1) is 22.4. The van der Waals surface area contributed by atoms with Crippen LogP contribution in [0.5, 0.6) is 0 Å². The van der Waals surface area contributed by atoms with Gasteiger partial charge in [0.2, 0.25) is 11.8 Å². The lowest BCUT2D eigenvalue weighted by atomic mass is 9.86. The summed E-state index contributed by atoms with van der Waals surface area (Å²) in [6, 6.07) is 1.69. The van der Waals surface area contributed by atoms with Crippen molar-refractivity contribution in [1.29, 1.82) is 0 Å². The molecule has 1 radical (unpaired) electrons. The van der Waals surface area contributed by atoms with Gasteiger partial charge in [0.25, 0.3) is 10.0 Å². The maximum Gasteiger partial charge on any atom is 0.261 e. The summed E-state index contributed by atoms with van der Waals surface area (Å²) in [5.74, 6) is -1.99. The molecule has 0 bridgehead atoms. The maximum atomic E-state index is 13.0. The number of hydrogen-bond donors (Lipinski definition) is 2. The number of primary amides is 1. The van der Waals surface area contributed by atoms with E-state index in [0.717, 1.165) is 36.4 Å². The van der Waals surface area contributed by atoms with Crippen LogP contribution >= 0.6 is 0 Å². The van der Waals surface area contributed by atoms with Gasteiger partial charge in [-0.25, -0.2) is 13.4 Å². The first-order valence-corrected chi connectivity index (χ1v) is 11.7. The second kappa shape index (κ2) is 9.65. The Bertz CT molecular complexity index is 884. The average molecular weight is 436 g/mol. The molecule has 1 aliphatic carbocycles. The number of carbonyl (C=O) groups excluding carboxylic acids is 3. The van der Waals surface area contributed by atoms with Crippen LogP contribution in [-0.2, 0) is 24.4 Å². The minimum Gasteiger partial charge on any atom is -0.368 e. The number of rotatable bonds is 6. The zero-order valence-corrected chi connectivity index (χ0v) is 17.5. The molecule has 1 saturated carbocycles. The summed E-state index contributed by atoms with van der Waals surface area (Å²) >= 11 is 0. The lowest BCUT2D eigenvalue weighted by Gasteiger charge is -2.27. The van der Waals surface area contributed by atoms with Crippen molar-refractivity contribution in [2.75, 3.05) is 6.54 Å². The standard InChI is InChI=1S/C20H27N4O5S/c21-20(27)18-19(26)15(23-16(25)13-14-7-2-1-3-8-14)9-6-12-24(18)30(28,29)17-10-4-5-11-22-17/h4-5,10-11,13-15,18H,1-3,6-9,12H2,(H2,21,27)(H,23,25)/t15-,18-/m0/s1. The van der Waals surface area contributed by atoms with Crippen LogP contribution in [0.1, 0.15) is 44.9 Å². The van der Waals surface area contributed by atoms with Crippen LogP contribution in [0.15, 0.2) is 29.4 Å². The van der Waals surface area contributed by atoms with Crippen LogP contribution in [0.4, 0.5) is 0 Å². The van der Waals surface area contributed by atoms with Crippen LogP contribution in [0.25, 0.3) is 0 Å². The third kappa shape index (κ3) is 5.04. The molecule has 10 heteroatoms. The normalized spacial score (nSPS) is 24.2. The predicted octanol–water partition coefficient (Wildman–Crippen LogP) is 0.558. The zero-order valence-electron chi connectivity index (χ0n) is 16.7. The Morgan fingerprint density at radius 1 is 1.13 bits per heavy atom. The number of amides is 2. The smallest absolute Gasteiger partial charge is 0.261 e. The minimum absolute atomic E-state index is 0.0725. The van der Waals surface area contributed by atoms with Gasteiger partial charge < -0.3 is 11.1 Å². The van der Waals surface area contributed by atoms with Gasteiger partial charge in [-0.15, -0.1) is 0 Å². The topological polar surface area (TPSA) is 140 Å². The first-order valence-electron chi connectivity index (χ1n) is 10.2. The summed E-state index contributed by atoms with van der Waals surface area (Å²) < 4.78 is 26.8. The van der Waals surface area contributed by atoms with Gasteiger partial charge in [0.1, 0.15) is 0 Å². The number of nitrogens with two attached hydrogens (primary N) is 1. The minimum atomic E-state index is -4.21. The summed E-state index contributed by atoms with van der Waals surface area (Å²) in [7, 11) is -4.21. The number of Topliss-reactive ketones (excluding diaryl/α,β-unsaturated/α-hetero) is 1. The number of ketones is 1. The Morgan fingerprint density at radius 2 is 1.87 bits per heavy atom. The third-order valence-corrected chi connectivity index (χ3v) is 7.39. The molecule has 2 heterocycles. The highest BCUT2D eigenvalue weighted by molar-refractivity contribution is 7.89. The molecule has 9 nitrogen and oxygen atoms in total. The second-order valence-electron chi connectivity index (χ2n) is 7.76. The number of hydrogen-bond acceptors (Lipinski definition) is 6. The van der Waals surface area contributed by atoms with Crippen molar-refractivity contribution in [2.45, 2.75) is 62.1 Å². The number of nitrogens with one attached hydrogen (secondary N) is 1. The molecule has 0 aromatic carbocycles. The van der Waals surface area contributed by atoms with Gasteiger partial charge in [-0.2, -0.15) is 4.31 Å². The largest absolute Gasteiger partial charge is 0.368 e. The van der Waals surface area contributed by atoms with E-state index in [1.165, 1.54) is 18.3 Å². The van der Waals surface area contributed by atoms with E-state index >= 15 is 0 Å². The van der Waals surface area contributed by atoms with Crippen molar-refractivity contribution in [3.05, 3.63) is 30.8 Å². The Labute approximate surface area is 176 Å². The van der Waals surface area contributed by atoms with Crippen molar-refractivity contribution in [1.82, 2.24) is 14.6 Å². The molecular formula is C20H27N4O5S. The van der Waals surface area contributed by atoms with E-state index in [1.54, 1.807) is 12.5 Å². The summed E-state index contributed by atoms with van der Waals surface area (Å²) in [6.07, 6.45) is 8.60. The summed E-state index contributed by atoms with van der Waals surface area (Å²) in [5, 5.41) is 2.40. The SMILES string of the molecule is NC(=O)[C@@H]1C(=O)[C@@H](NC(=O)[CH]C2CCCCC2)CCCN1S(=O)(=O)c1ccccn1. The van der Waals surface area contributed by atoms with Gasteiger partial charge in [0, 0.05) is 12.7 Å². The van der Waals surface area contributed by atoms with Crippen LogP contribution in [0.3, 0.4) is 0 Å². The van der Waals surface area contributed by atoms with Crippen molar-refractivity contribution >= 4 is 27.6 Å². The maximum absolute atomic E-state index is 13.0. The molecule has 2 atom stereocenters. The fourth-order valence-electron chi connectivity index (χ4n) is 4.09. The van der Waals surface area contributed by atoms with Gasteiger partial charge in [0.15, 0.2) is 16.9 Å². The quantitative estimate of drug-likeness (QED) is 0.626. The summed E-state index contributed by atoms with van der Waals surface area (Å²) in [6.45, 7) is -0.0725. The van der Waals surface area contributed by atoms with Crippen molar-refractivity contribution < 1.29 is 22.8 Å². The van der Waals surface area contributed by atoms with E-state index in [4.69, 9.17) is 5.73 Å². The number of carbonyl (C=O) groups is 3. The Kier molecular flexibility index (Phi) is 7.19. The Balaban J connectivity index is 1.77. The van der Waals surface area contributed by atoms with Crippen molar-refractivity contribution in [3.8, 4) is 0 Å². The van der Waals surface area contributed by atoms with Crippen LogP contribution in [-0.4, -0.2) is 53.9 Å². The number of sulfonamides is 1. The van der Waals surface area contributed by atoms with Crippen molar-refractivity contribution in [3.63, 3.8) is 0 Å². The van der Waals surface area contributed by atoms with E-state index in [0.29, 0.717) is 0 Å². The lowest BCUT2D eigenvalue weighted by Crippen LogP contribution is -2.56. The molecule has 30 heavy (non-hydrogen) atoms. The molecule has 2 fully saturated rings. The zero-order chi connectivity index (χ0) is 21.7. The Hall–Kier alpha value is -2.33. The molecule has 1 saturated heterocycles. The predicted molar refractivity (Wildman–Crippen MR) is 108 cm³/mol. The van der Waals surface area contributed by atoms with E-state index in [2.05, 4.69) is 10.3 Å².